The molecule has 0 radical (unpaired) electrons. The second-order valence-corrected chi connectivity index (χ2v) is 14.3. The van der Waals surface area contributed by atoms with Crippen molar-refractivity contribution in [1.29, 1.82) is 0 Å². The van der Waals surface area contributed by atoms with E-state index < -0.39 is 54.7 Å². The standard InChI is InChI=1S/C49H43N3O/c1-31-22-33(3)47(53)43(25-31)48-51-46-42(18-13-19-45(46)52(48)41-24-32(2)23-37(29-41)35-16-11-8-12-17-35)38-26-39(28-40(27-38)49(4,5)6)44-30-36(20-21-50-44)34-14-9-7-10-15-34/h7-30,53H,1-6H3/i2D3,7D,9D,10D,14D,15D,20D,21D,30D. The van der Waals surface area contributed by atoms with Crippen molar-refractivity contribution in [3.63, 3.8) is 0 Å². The van der Waals surface area contributed by atoms with Crippen molar-refractivity contribution in [3.8, 4) is 67.5 Å². The lowest BCUT2D eigenvalue weighted by Gasteiger charge is -2.22. The number of aromatic hydroxyl groups is 1. The third kappa shape index (κ3) is 6.53. The van der Waals surface area contributed by atoms with Gasteiger partial charge in [0.05, 0.1) is 33.3 Å². The number of para-hydroxylation sites is 1. The number of fused-ring (bicyclic) bond motifs is 1. The highest BCUT2D eigenvalue weighted by Crippen LogP contribution is 2.41. The maximum Gasteiger partial charge on any atom is 0.149 e. The van der Waals surface area contributed by atoms with Crippen LogP contribution in [0.15, 0.2) is 146 Å². The van der Waals surface area contributed by atoms with Crippen LogP contribution in [0.3, 0.4) is 0 Å². The molecule has 6 aromatic carbocycles. The van der Waals surface area contributed by atoms with Gasteiger partial charge in [-0.05, 0) is 125 Å². The summed E-state index contributed by atoms with van der Waals surface area (Å²) < 4.78 is 96.2. The topological polar surface area (TPSA) is 50.9 Å². The average molecular weight is 701 g/mol. The van der Waals surface area contributed by atoms with Crippen LogP contribution in [0.25, 0.3) is 72.7 Å². The molecule has 1 N–H and O–H groups in total. The lowest BCUT2D eigenvalue weighted by Crippen LogP contribution is -2.11. The van der Waals surface area contributed by atoms with Gasteiger partial charge in [-0.25, -0.2) is 4.98 Å². The Morgan fingerprint density at radius 2 is 1.47 bits per heavy atom. The molecule has 0 amide bonds. The quantitative estimate of drug-likeness (QED) is 0.188. The van der Waals surface area contributed by atoms with Crippen LogP contribution in [0.4, 0.5) is 0 Å². The molecule has 0 unspecified atom stereocenters. The number of nitrogens with zero attached hydrogens (tertiary/aromatic N) is 3. The number of rotatable bonds is 6. The van der Waals surface area contributed by atoms with Crippen LogP contribution < -0.4 is 0 Å². The molecule has 0 fully saturated rings. The van der Waals surface area contributed by atoms with Gasteiger partial charge in [0.1, 0.15) is 11.6 Å². The first-order valence-electron chi connectivity index (χ1n) is 22.8. The molecule has 8 aromatic rings. The van der Waals surface area contributed by atoms with E-state index >= 15 is 0 Å². The van der Waals surface area contributed by atoms with Gasteiger partial charge in [-0.1, -0.05) is 112 Å². The number of hydrogen-bond donors (Lipinski definition) is 1. The molecule has 2 heterocycles. The second kappa shape index (κ2) is 13.4. The predicted molar refractivity (Wildman–Crippen MR) is 221 cm³/mol. The van der Waals surface area contributed by atoms with Gasteiger partial charge in [-0.15, -0.1) is 0 Å². The number of pyridine rings is 1. The van der Waals surface area contributed by atoms with Crippen LogP contribution in [0.2, 0.25) is 0 Å². The third-order valence-electron chi connectivity index (χ3n) is 9.38. The molecular formula is C49H43N3O. The first-order valence-corrected chi connectivity index (χ1v) is 17.3. The van der Waals surface area contributed by atoms with Gasteiger partial charge >= 0.3 is 0 Å². The van der Waals surface area contributed by atoms with E-state index in [4.69, 9.17) is 18.7 Å². The predicted octanol–water partition coefficient (Wildman–Crippen LogP) is 12.7. The molecule has 4 nitrogen and oxygen atoms in total. The monoisotopic (exact) mass is 700 g/mol. The lowest BCUT2D eigenvalue weighted by molar-refractivity contribution is 0.472. The SMILES string of the molecule is [2H]c1nc(-c2cc(-c3cccc4c3nc(-c3cc(C)cc(C)c3O)n4-c3cc(-c4ccccc4)cc(C([2H])([2H])[2H])c3)cc(C(C)(C)C)c2)c([2H])c(-c2c([2H])c([2H])c([2H])c([2H])c2[2H])c1[2H]. The van der Waals surface area contributed by atoms with E-state index in [0.29, 0.717) is 55.9 Å². The molecule has 0 spiro atoms. The highest BCUT2D eigenvalue weighted by atomic mass is 16.3. The summed E-state index contributed by atoms with van der Waals surface area (Å²) in [6.07, 6.45) is -0.538. The van der Waals surface area contributed by atoms with Crippen molar-refractivity contribution in [2.24, 2.45) is 0 Å². The molecule has 4 heteroatoms. The zero-order chi connectivity index (χ0) is 46.3. The summed E-state index contributed by atoms with van der Waals surface area (Å²) in [5.74, 6) is 0.382. The van der Waals surface area contributed by atoms with Crippen LogP contribution >= 0.6 is 0 Å². The van der Waals surface area contributed by atoms with E-state index in [1.54, 1.807) is 25.1 Å². The first-order chi connectivity index (χ1) is 30.1. The zero-order valence-electron chi connectivity index (χ0n) is 41.0. The molecule has 8 rings (SSSR count). The van der Waals surface area contributed by atoms with Crippen LogP contribution in [0.1, 0.15) is 58.1 Å². The molecule has 0 saturated heterocycles. The Kier molecular flexibility index (Phi) is 5.89. The molecule has 0 bridgehead atoms. The fourth-order valence-corrected chi connectivity index (χ4v) is 6.75. The fourth-order valence-electron chi connectivity index (χ4n) is 6.75. The Morgan fingerprint density at radius 1 is 0.679 bits per heavy atom. The second-order valence-electron chi connectivity index (χ2n) is 14.3. The van der Waals surface area contributed by atoms with Crippen molar-refractivity contribution in [1.82, 2.24) is 14.5 Å². The summed E-state index contributed by atoms with van der Waals surface area (Å²) in [6.45, 7) is 7.32. The van der Waals surface area contributed by atoms with E-state index in [9.17, 15) is 6.48 Å². The molecule has 260 valence electrons. The van der Waals surface area contributed by atoms with Gasteiger partial charge in [0.2, 0.25) is 0 Å². The minimum absolute atomic E-state index is 0.0176. The molecule has 0 aliphatic carbocycles. The van der Waals surface area contributed by atoms with Crippen LogP contribution in [0.5, 0.6) is 5.75 Å². The number of hydrogen-bond acceptors (Lipinski definition) is 3. The average Bonchev–Trinajstić information content (AvgIpc) is 3.65. The minimum Gasteiger partial charge on any atom is -0.507 e. The van der Waals surface area contributed by atoms with E-state index in [1.807, 2.05) is 111 Å². The van der Waals surface area contributed by atoms with Crippen molar-refractivity contribution < 1.29 is 20.2 Å². The number of aryl methyl sites for hydroxylation is 3. The van der Waals surface area contributed by atoms with Crippen molar-refractivity contribution in [2.45, 2.75) is 46.9 Å². The summed E-state index contributed by atoms with van der Waals surface area (Å²) in [7, 11) is 0. The molecular weight excluding hydrogens is 647 g/mol. The maximum atomic E-state index is 11.7. The first kappa shape index (κ1) is 23.3. The zero-order valence-corrected chi connectivity index (χ0v) is 30.0. The molecule has 0 aliphatic rings. The maximum absolute atomic E-state index is 11.7. The van der Waals surface area contributed by atoms with Crippen LogP contribution in [-0.4, -0.2) is 19.6 Å². The molecule has 53 heavy (non-hydrogen) atoms. The highest BCUT2D eigenvalue weighted by molar-refractivity contribution is 5.97. The smallest absolute Gasteiger partial charge is 0.149 e. The van der Waals surface area contributed by atoms with Gasteiger partial charge in [-0.3, -0.25) is 9.55 Å². The van der Waals surface area contributed by atoms with E-state index in [-0.39, 0.29) is 34.2 Å². The van der Waals surface area contributed by atoms with Gasteiger partial charge in [0.25, 0.3) is 0 Å². The van der Waals surface area contributed by atoms with E-state index in [0.717, 1.165) is 16.7 Å². The summed E-state index contributed by atoms with van der Waals surface area (Å²) in [5, 5.41) is 11.7. The van der Waals surface area contributed by atoms with Gasteiger partial charge in [0, 0.05) is 27.1 Å². The minimum atomic E-state index is -2.46. The third-order valence-corrected chi connectivity index (χ3v) is 9.38. The summed E-state index contributed by atoms with van der Waals surface area (Å²) in [5.41, 5.74) is 6.49. The molecule has 2 aromatic heterocycles. The van der Waals surface area contributed by atoms with Crippen molar-refractivity contribution >= 4 is 11.0 Å². The van der Waals surface area contributed by atoms with Crippen LogP contribution in [-0.2, 0) is 5.41 Å². The number of benzene rings is 6. The largest absolute Gasteiger partial charge is 0.507 e. The fraction of sp³-hybridized carbons (Fsp3) is 0.143. The van der Waals surface area contributed by atoms with Crippen molar-refractivity contribution in [3.05, 3.63) is 168 Å². The Morgan fingerprint density at radius 3 is 2.25 bits per heavy atom. The number of phenolic OH excluding ortho intramolecular Hbond substituents is 1. The molecule has 0 atom stereocenters. The van der Waals surface area contributed by atoms with Crippen LogP contribution in [0, 0.1) is 20.7 Å². The Hall–Kier alpha value is -6.26. The summed E-state index contributed by atoms with van der Waals surface area (Å²) in [6, 6.07) is 25.6. The normalized spacial score (nSPS) is 14.8. The highest BCUT2D eigenvalue weighted by Gasteiger charge is 2.23. The van der Waals surface area contributed by atoms with E-state index in [1.165, 1.54) is 0 Å². The summed E-state index contributed by atoms with van der Waals surface area (Å²) in [4.78, 5) is 9.67. The number of aromatic nitrogens is 3. The molecule has 0 aliphatic heterocycles. The Bertz CT molecular complexity index is 3180. The van der Waals surface area contributed by atoms with Crippen molar-refractivity contribution in [2.75, 3.05) is 0 Å². The van der Waals surface area contributed by atoms with Gasteiger partial charge in [0.15, 0.2) is 0 Å². The number of imidazole rings is 1. The van der Waals surface area contributed by atoms with Gasteiger partial charge < -0.3 is 5.11 Å². The Balaban J connectivity index is 1.44. The summed E-state index contributed by atoms with van der Waals surface area (Å²) >= 11 is 0. The number of phenols is 1. The van der Waals surface area contributed by atoms with E-state index in [2.05, 4.69) is 4.98 Å². The molecule has 0 saturated carbocycles. The van der Waals surface area contributed by atoms with Gasteiger partial charge in [-0.2, -0.15) is 0 Å². The Labute approximate surface area is 327 Å². The lowest BCUT2D eigenvalue weighted by atomic mass is 9.83.